The van der Waals surface area contributed by atoms with Crippen LogP contribution in [0.15, 0.2) is 47.4 Å². The summed E-state index contributed by atoms with van der Waals surface area (Å²) in [7, 11) is -0.436. The summed E-state index contributed by atoms with van der Waals surface area (Å²) in [5, 5.41) is 3.41. The molecule has 0 saturated carbocycles. The second kappa shape index (κ2) is 9.49. The minimum atomic E-state index is -3.50. The van der Waals surface area contributed by atoms with Crippen LogP contribution < -0.4 is 10.1 Å². The van der Waals surface area contributed by atoms with E-state index < -0.39 is 10.0 Å². The average molecular weight is 431 g/mol. The molecule has 1 heterocycles. The Morgan fingerprint density at radius 2 is 1.90 bits per heavy atom. The predicted octanol–water partition coefficient (Wildman–Crippen LogP) is 4.10. The first-order valence-corrected chi connectivity index (χ1v) is 11.7. The Morgan fingerprint density at radius 3 is 2.60 bits per heavy atom. The molecule has 0 spiro atoms. The molecule has 1 N–H and O–H groups in total. The number of aryl methyl sites for hydroxylation is 1. The Hall–Kier alpha value is -2.58. The van der Waals surface area contributed by atoms with Gasteiger partial charge < -0.3 is 14.6 Å². The van der Waals surface area contributed by atoms with Crippen LogP contribution in [0, 0.1) is 0 Å². The first kappa shape index (κ1) is 22.1. The number of aromatic nitrogens is 2. The van der Waals surface area contributed by atoms with E-state index in [9.17, 15) is 8.42 Å². The van der Waals surface area contributed by atoms with Gasteiger partial charge in [-0.1, -0.05) is 19.9 Å². The van der Waals surface area contributed by atoms with Crippen LogP contribution in [0.3, 0.4) is 0 Å². The standard InChI is InChI=1S/C22H30N4O3S/c1-5-12-26-21-11-10-19(30(27,28)25(3)4)15-20(21)24-22(26)16-23-17-8-7-9-18(14-17)29-13-6-2/h7-11,14-15,23H,5-6,12-13,16H2,1-4H3. The predicted molar refractivity (Wildman–Crippen MR) is 120 cm³/mol. The highest BCUT2D eigenvalue weighted by molar-refractivity contribution is 7.89. The normalized spacial score (nSPS) is 11.9. The second-order valence-corrected chi connectivity index (χ2v) is 9.50. The van der Waals surface area contributed by atoms with Crippen molar-refractivity contribution >= 4 is 26.7 Å². The summed E-state index contributed by atoms with van der Waals surface area (Å²) in [5.41, 5.74) is 2.57. The molecule has 3 aromatic rings. The molecular weight excluding hydrogens is 400 g/mol. The van der Waals surface area contributed by atoms with Gasteiger partial charge in [0.05, 0.1) is 29.1 Å². The van der Waals surface area contributed by atoms with Crippen molar-refractivity contribution in [1.82, 2.24) is 13.9 Å². The van der Waals surface area contributed by atoms with Crippen LogP contribution in [0.5, 0.6) is 5.75 Å². The molecule has 0 saturated heterocycles. The smallest absolute Gasteiger partial charge is 0.242 e. The summed E-state index contributed by atoms with van der Waals surface area (Å²) in [6.45, 7) is 6.22. The van der Waals surface area contributed by atoms with Gasteiger partial charge in [-0.15, -0.1) is 0 Å². The molecule has 0 radical (unpaired) electrons. The van der Waals surface area contributed by atoms with Gasteiger partial charge in [-0.05, 0) is 43.2 Å². The van der Waals surface area contributed by atoms with Gasteiger partial charge >= 0.3 is 0 Å². The molecule has 7 nitrogen and oxygen atoms in total. The van der Waals surface area contributed by atoms with E-state index >= 15 is 0 Å². The van der Waals surface area contributed by atoms with Crippen molar-refractivity contribution in [3.8, 4) is 5.75 Å². The van der Waals surface area contributed by atoms with Crippen molar-refractivity contribution in [3.05, 3.63) is 48.3 Å². The monoisotopic (exact) mass is 430 g/mol. The molecule has 0 bridgehead atoms. The minimum absolute atomic E-state index is 0.251. The summed E-state index contributed by atoms with van der Waals surface area (Å²) >= 11 is 0. The van der Waals surface area contributed by atoms with Crippen LogP contribution in [-0.2, 0) is 23.1 Å². The fourth-order valence-corrected chi connectivity index (χ4v) is 4.16. The third-order valence-corrected chi connectivity index (χ3v) is 6.59. The summed E-state index contributed by atoms with van der Waals surface area (Å²) in [6.07, 6.45) is 1.92. The van der Waals surface area contributed by atoms with Gasteiger partial charge in [0.2, 0.25) is 10.0 Å². The van der Waals surface area contributed by atoms with Crippen molar-refractivity contribution in [2.75, 3.05) is 26.0 Å². The average Bonchev–Trinajstić information content (AvgIpc) is 3.08. The molecule has 30 heavy (non-hydrogen) atoms. The van der Waals surface area contributed by atoms with Crippen molar-refractivity contribution in [2.45, 2.75) is 44.7 Å². The summed E-state index contributed by atoms with van der Waals surface area (Å²) in [5.74, 6) is 1.70. The zero-order valence-electron chi connectivity index (χ0n) is 18.1. The molecule has 0 amide bonds. The lowest BCUT2D eigenvalue weighted by atomic mass is 10.3. The topological polar surface area (TPSA) is 76.5 Å². The number of sulfonamides is 1. The maximum atomic E-state index is 12.5. The molecule has 3 rings (SSSR count). The zero-order chi connectivity index (χ0) is 21.7. The molecule has 0 aliphatic heterocycles. The molecule has 2 aromatic carbocycles. The van der Waals surface area contributed by atoms with Crippen LogP contribution in [0.1, 0.15) is 32.5 Å². The van der Waals surface area contributed by atoms with Gasteiger partial charge in [-0.2, -0.15) is 0 Å². The van der Waals surface area contributed by atoms with Crippen LogP contribution in [0.25, 0.3) is 11.0 Å². The van der Waals surface area contributed by atoms with Gasteiger partial charge in [0.25, 0.3) is 0 Å². The number of benzene rings is 2. The van der Waals surface area contributed by atoms with E-state index in [0.717, 1.165) is 42.2 Å². The van der Waals surface area contributed by atoms with Crippen LogP contribution >= 0.6 is 0 Å². The molecule has 0 unspecified atom stereocenters. The maximum Gasteiger partial charge on any atom is 0.242 e. The number of anilines is 1. The number of hydrogen-bond donors (Lipinski definition) is 1. The third-order valence-electron chi connectivity index (χ3n) is 4.78. The fourth-order valence-electron chi connectivity index (χ4n) is 3.24. The number of imidazole rings is 1. The van der Waals surface area contributed by atoms with E-state index in [1.165, 1.54) is 18.4 Å². The second-order valence-electron chi connectivity index (χ2n) is 7.35. The van der Waals surface area contributed by atoms with Crippen LogP contribution in [0.2, 0.25) is 0 Å². The van der Waals surface area contributed by atoms with Crippen molar-refractivity contribution < 1.29 is 13.2 Å². The molecule has 8 heteroatoms. The van der Waals surface area contributed by atoms with E-state index in [0.29, 0.717) is 18.7 Å². The molecule has 162 valence electrons. The number of hydrogen-bond acceptors (Lipinski definition) is 5. The Balaban J connectivity index is 1.88. The summed E-state index contributed by atoms with van der Waals surface area (Å²) in [4.78, 5) is 4.99. The van der Waals surface area contributed by atoms with Gasteiger partial charge in [-0.25, -0.2) is 17.7 Å². The lowest BCUT2D eigenvalue weighted by Gasteiger charge is -2.12. The summed E-state index contributed by atoms with van der Waals surface area (Å²) in [6, 6.07) is 13.0. The van der Waals surface area contributed by atoms with Gasteiger partial charge in [-0.3, -0.25) is 0 Å². The fraction of sp³-hybridized carbons (Fsp3) is 0.409. The number of ether oxygens (including phenoxy) is 1. The molecular formula is C22H30N4O3S. The lowest BCUT2D eigenvalue weighted by Crippen LogP contribution is -2.22. The van der Waals surface area contributed by atoms with E-state index in [-0.39, 0.29) is 4.90 Å². The highest BCUT2D eigenvalue weighted by Gasteiger charge is 2.19. The Bertz CT molecular complexity index is 1110. The summed E-state index contributed by atoms with van der Waals surface area (Å²) < 4.78 is 34.0. The van der Waals surface area contributed by atoms with E-state index in [2.05, 4.69) is 23.7 Å². The first-order chi connectivity index (χ1) is 14.4. The van der Waals surface area contributed by atoms with Crippen molar-refractivity contribution in [2.24, 2.45) is 0 Å². The highest BCUT2D eigenvalue weighted by atomic mass is 32.2. The number of fused-ring (bicyclic) bond motifs is 1. The largest absolute Gasteiger partial charge is 0.494 e. The lowest BCUT2D eigenvalue weighted by molar-refractivity contribution is 0.317. The van der Waals surface area contributed by atoms with Crippen LogP contribution in [-0.4, -0.2) is 43.0 Å². The molecule has 0 atom stereocenters. The molecule has 0 aliphatic carbocycles. The maximum absolute atomic E-state index is 12.5. The number of nitrogens with one attached hydrogen (secondary N) is 1. The Kier molecular flexibility index (Phi) is 6.99. The van der Waals surface area contributed by atoms with E-state index in [4.69, 9.17) is 9.72 Å². The first-order valence-electron chi connectivity index (χ1n) is 10.2. The Labute approximate surface area is 178 Å². The minimum Gasteiger partial charge on any atom is -0.494 e. The zero-order valence-corrected chi connectivity index (χ0v) is 18.9. The Morgan fingerprint density at radius 1 is 1.10 bits per heavy atom. The highest BCUT2D eigenvalue weighted by Crippen LogP contribution is 2.24. The molecule has 0 aliphatic rings. The van der Waals surface area contributed by atoms with Crippen LogP contribution in [0.4, 0.5) is 5.69 Å². The van der Waals surface area contributed by atoms with E-state index in [1.807, 2.05) is 30.3 Å². The van der Waals surface area contributed by atoms with E-state index in [1.54, 1.807) is 12.1 Å². The van der Waals surface area contributed by atoms with Crippen molar-refractivity contribution in [1.29, 1.82) is 0 Å². The molecule has 0 fully saturated rings. The van der Waals surface area contributed by atoms with Gasteiger partial charge in [0.15, 0.2) is 0 Å². The number of nitrogens with zero attached hydrogens (tertiary/aromatic N) is 3. The SMILES string of the molecule is CCCOc1cccc(NCc2nc3cc(S(=O)(=O)N(C)C)ccc3n2CCC)c1. The van der Waals surface area contributed by atoms with Gasteiger partial charge in [0.1, 0.15) is 11.6 Å². The van der Waals surface area contributed by atoms with Gasteiger partial charge in [0, 0.05) is 32.4 Å². The van der Waals surface area contributed by atoms with Crippen molar-refractivity contribution in [3.63, 3.8) is 0 Å². The molecule has 1 aromatic heterocycles. The number of rotatable bonds is 10. The quantitative estimate of drug-likeness (QED) is 0.524. The third kappa shape index (κ3) is 4.76.